The Kier molecular flexibility index (Phi) is 6.64. The molecule has 0 spiro atoms. The summed E-state index contributed by atoms with van der Waals surface area (Å²) < 4.78 is 5.43. The standard InChI is InChI=1S/C11H24N2OS/c1-11(2)13-5-3-12(4-6-13)7-8-14-9-10-15/h11,15H,3-10H2,1-2H3. The van der Waals surface area contributed by atoms with Crippen LogP contribution in [0.15, 0.2) is 0 Å². The summed E-state index contributed by atoms with van der Waals surface area (Å²) in [5.41, 5.74) is 0. The van der Waals surface area contributed by atoms with E-state index in [-0.39, 0.29) is 0 Å². The fourth-order valence-corrected chi connectivity index (χ4v) is 1.99. The number of ether oxygens (including phenoxy) is 1. The van der Waals surface area contributed by atoms with E-state index in [4.69, 9.17) is 4.74 Å². The van der Waals surface area contributed by atoms with Gasteiger partial charge in [0.05, 0.1) is 13.2 Å². The average Bonchev–Trinajstić information content (AvgIpc) is 2.25. The molecule has 1 aliphatic heterocycles. The van der Waals surface area contributed by atoms with Gasteiger partial charge in [0.15, 0.2) is 0 Å². The summed E-state index contributed by atoms with van der Waals surface area (Å²) >= 11 is 4.11. The minimum atomic E-state index is 0.688. The highest BCUT2D eigenvalue weighted by molar-refractivity contribution is 7.80. The second kappa shape index (κ2) is 7.49. The summed E-state index contributed by atoms with van der Waals surface area (Å²) in [5.74, 6) is 0.821. The average molecular weight is 232 g/mol. The lowest BCUT2D eigenvalue weighted by atomic mass is 10.2. The monoisotopic (exact) mass is 232 g/mol. The summed E-state index contributed by atoms with van der Waals surface area (Å²) in [7, 11) is 0. The predicted octanol–water partition coefficient (Wildman–Crippen LogP) is 0.959. The molecule has 90 valence electrons. The molecule has 0 aromatic rings. The lowest BCUT2D eigenvalue weighted by molar-refractivity contribution is 0.0715. The van der Waals surface area contributed by atoms with Crippen molar-refractivity contribution in [1.82, 2.24) is 9.80 Å². The van der Waals surface area contributed by atoms with Gasteiger partial charge in [-0.1, -0.05) is 0 Å². The van der Waals surface area contributed by atoms with Crippen LogP contribution in [0.5, 0.6) is 0 Å². The number of rotatable bonds is 6. The lowest BCUT2D eigenvalue weighted by Gasteiger charge is -2.36. The summed E-state index contributed by atoms with van der Waals surface area (Å²) in [4.78, 5) is 5.02. The van der Waals surface area contributed by atoms with Crippen LogP contribution in [0.2, 0.25) is 0 Å². The van der Waals surface area contributed by atoms with Gasteiger partial charge in [-0.05, 0) is 13.8 Å². The molecular formula is C11H24N2OS. The number of thiol groups is 1. The molecule has 0 aromatic carbocycles. The van der Waals surface area contributed by atoms with Crippen LogP contribution >= 0.6 is 12.6 Å². The van der Waals surface area contributed by atoms with Crippen molar-refractivity contribution in [3.63, 3.8) is 0 Å². The number of piperazine rings is 1. The Labute approximate surface area is 99.2 Å². The van der Waals surface area contributed by atoms with Crippen molar-refractivity contribution in [2.24, 2.45) is 0 Å². The molecule has 0 saturated carbocycles. The lowest BCUT2D eigenvalue weighted by Crippen LogP contribution is -2.49. The van der Waals surface area contributed by atoms with Crippen LogP contribution in [0.3, 0.4) is 0 Å². The van der Waals surface area contributed by atoms with Crippen molar-refractivity contribution in [2.45, 2.75) is 19.9 Å². The highest BCUT2D eigenvalue weighted by Gasteiger charge is 2.17. The van der Waals surface area contributed by atoms with Crippen LogP contribution in [-0.2, 0) is 4.74 Å². The van der Waals surface area contributed by atoms with Gasteiger partial charge in [0.25, 0.3) is 0 Å². The van der Waals surface area contributed by atoms with Gasteiger partial charge in [0, 0.05) is 44.5 Å². The van der Waals surface area contributed by atoms with E-state index in [1.54, 1.807) is 0 Å². The molecule has 1 heterocycles. The number of nitrogens with zero attached hydrogens (tertiary/aromatic N) is 2. The zero-order valence-electron chi connectivity index (χ0n) is 9.98. The van der Waals surface area contributed by atoms with E-state index in [0.29, 0.717) is 6.04 Å². The summed E-state index contributed by atoms with van der Waals surface area (Å²) in [6, 6.07) is 0.688. The molecule has 4 heteroatoms. The molecule has 0 atom stereocenters. The van der Waals surface area contributed by atoms with E-state index in [2.05, 4.69) is 36.3 Å². The number of hydrogen-bond acceptors (Lipinski definition) is 4. The molecule has 0 amide bonds. The maximum absolute atomic E-state index is 5.43. The molecule has 1 saturated heterocycles. The molecule has 1 aliphatic rings. The van der Waals surface area contributed by atoms with E-state index in [1.807, 2.05) is 0 Å². The molecule has 1 rings (SSSR count). The molecule has 15 heavy (non-hydrogen) atoms. The fourth-order valence-electron chi connectivity index (χ4n) is 1.86. The second-order valence-electron chi connectivity index (χ2n) is 4.31. The van der Waals surface area contributed by atoms with E-state index in [9.17, 15) is 0 Å². The number of hydrogen-bond donors (Lipinski definition) is 1. The van der Waals surface area contributed by atoms with Crippen LogP contribution in [0, 0.1) is 0 Å². The summed E-state index contributed by atoms with van der Waals surface area (Å²) in [5, 5.41) is 0. The Morgan fingerprint density at radius 1 is 1.13 bits per heavy atom. The zero-order valence-corrected chi connectivity index (χ0v) is 10.9. The van der Waals surface area contributed by atoms with Crippen LogP contribution in [-0.4, -0.2) is 67.5 Å². The maximum atomic E-state index is 5.43. The van der Waals surface area contributed by atoms with E-state index in [1.165, 1.54) is 26.2 Å². The first-order valence-electron chi connectivity index (χ1n) is 5.89. The maximum Gasteiger partial charge on any atom is 0.0593 e. The third-order valence-electron chi connectivity index (χ3n) is 2.92. The molecule has 0 radical (unpaired) electrons. The molecule has 1 fully saturated rings. The van der Waals surface area contributed by atoms with Crippen molar-refractivity contribution in [3.8, 4) is 0 Å². The van der Waals surface area contributed by atoms with Crippen molar-refractivity contribution >= 4 is 12.6 Å². The van der Waals surface area contributed by atoms with Crippen molar-refractivity contribution in [1.29, 1.82) is 0 Å². The normalized spacial score (nSPS) is 20.0. The first-order valence-corrected chi connectivity index (χ1v) is 6.52. The Bertz CT molecular complexity index is 159. The van der Waals surface area contributed by atoms with Crippen molar-refractivity contribution < 1.29 is 4.74 Å². The van der Waals surface area contributed by atoms with Gasteiger partial charge >= 0.3 is 0 Å². The van der Waals surface area contributed by atoms with Crippen LogP contribution in [0.25, 0.3) is 0 Å². The van der Waals surface area contributed by atoms with Gasteiger partial charge in [-0.2, -0.15) is 12.6 Å². The van der Waals surface area contributed by atoms with Gasteiger partial charge in [-0.25, -0.2) is 0 Å². The predicted molar refractivity (Wildman–Crippen MR) is 67.8 cm³/mol. The largest absolute Gasteiger partial charge is 0.379 e. The first-order chi connectivity index (χ1) is 7.24. The van der Waals surface area contributed by atoms with E-state index < -0.39 is 0 Å². The quantitative estimate of drug-likeness (QED) is 0.542. The van der Waals surface area contributed by atoms with E-state index in [0.717, 1.165) is 25.5 Å². The minimum Gasteiger partial charge on any atom is -0.379 e. The van der Waals surface area contributed by atoms with Gasteiger partial charge < -0.3 is 4.74 Å². The van der Waals surface area contributed by atoms with Crippen molar-refractivity contribution in [3.05, 3.63) is 0 Å². The van der Waals surface area contributed by atoms with E-state index >= 15 is 0 Å². The van der Waals surface area contributed by atoms with Gasteiger partial charge in [-0.3, -0.25) is 9.80 Å². The Morgan fingerprint density at radius 3 is 2.33 bits per heavy atom. The molecule has 0 bridgehead atoms. The third kappa shape index (κ3) is 5.20. The topological polar surface area (TPSA) is 15.7 Å². The Hall–Kier alpha value is 0.230. The first kappa shape index (κ1) is 13.3. The highest BCUT2D eigenvalue weighted by atomic mass is 32.1. The van der Waals surface area contributed by atoms with Gasteiger partial charge in [0.1, 0.15) is 0 Å². The summed E-state index contributed by atoms with van der Waals surface area (Å²) in [6.45, 7) is 12.0. The second-order valence-corrected chi connectivity index (χ2v) is 4.75. The molecule has 0 aliphatic carbocycles. The smallest absolute Gasteiger partial charge is 0.0593 e. The van der Waals surface area contributed by atoms with Crippen LogP contribution in [0.4, 0.5) is 0 Å². The minimum absolute atomic E-state index is 0.688. The van der Waals surface area contributed by atoms with Crippen LogP contribution in [0.1, 0.15) is 13.8 Å². The third-order valence-corrected chi connectivity index (χ3v) is 3.11. The zero-order chi connectivity index (χ0) is 11.1. The molecule has 0 aromatic heterocycles. The highest BCUT2D eigenvalue weighted by Crippen LogP contribution is 2.05. The molecule has 0 unspecified atom stereocenters. The molecule has 0 N–H and O–H groups in total. The Morgan fingerprint density at radius 2 is 1.80 bits per heavy atom. The van der Waals surface area contributed by atoms with Crippen molar-refractivity contribution in [2.75, 3.05) is 51.7 Å². The van der Waals surface area contributed by atoms with Gasteiger partial charge in [0.2, 0.25) is 0 Å². The fraction of sp³-hybridized carbons (Fsp3) is 1.00. The van der Waals surface area contributed by atoms with Crippen LogP contribution < -0.4 is 0 Å². The summed E-state index contributed by atoms with van der Waals surface area (Å²) in [6.07, 6.45) is 0. The molecular weight excluding hydrogens is 208 g/mol. The molecule has 3 nitrogen and oxygen atoms in total. The SMILES string of the molecule is CC(C)N1CCN(CCOCCS)CC1. The Balaban J connectivity index is 2.04. The van der Waals surface area contributed by atoms with Gasteiger partial charge in [-0.15, -0.1) is 0 Å².